The molecule has 0 radical (unpaired) electrons. The molecular weight excluding hydrogens is 212 g/mol. The fourth-order valence-electron chi connectivity index (χ4n) is 2.12. The second kappa shape index (κ2) is 5.28. The van der Waals surface area contributed by atoms with Gasteiger partial charge in [0.15, 0.2) is 5.78 Å². The van der Waals surface area contributed by atoms with Crippen LogP contribution in [-0.4, -0.2) is 12.4 Å². The maximum absolute atomic E-state index is 12.1. The summed E-state index contributed by atoms with van der Waals surface area (Å²) in [4.78, 5) is 12.1. The summed E-state index contributed by atoms with van der Waals surface area (Å²) in [5, 5.41) is 0. The van der Waals surface area contributed by atoms with Crippen LogP contribution in [0.1, 0.15) is 37.0 Å². The molecule has 1 atom stereocenters. The maximum Gasteiger partial charge on any atom is 0.170 e. The summed E-state index contributed by atoms with van der Waals surface area (Å²) in [5.74, 6) is 0.129. The Morgan fingerprint density at radius 1 is 1.47 bits per heavy atom. The van der Waals surface area contributed by atoms with Crippen LogP contribution >= 0.6 is 0 Å². The van der Waals surface area contributed by atoms with Gasteiger partial charge in [-0.05, 0) is 24.0 Å². The molecule has 1 aromatic carbocycles. The molecule has 17 heavy (non-hydrogen) atoms. The van der Waals surface area contributed by atoms with E-state index in [1.54, 1.807) is 0 Å². The number of ketones is 1. The Morgan fingerprint density at radius 2 is 2.24 bits per heavy atom. The van der Waals surface area contributed by atoms with E-state index in [0.717, 1.165) is 24.0 Å². The highest BCUT2D eigenvalue weighted by Crippen LogP contribution is 2.29. The molecule has 0 amide bonds. The SMILES string of the molecule is C=C(CC)CC(=O)C1OCCc2ccccc21. The van der Waals surface area contributed by atoms with Crippen LogP contribution in [-0.2, 0) is 16.0 Å². The molecule has 0 bridgehead atoms. The van der Waals surface area contributed by atoms with Gasteiger partial charge in [0, 0.05) is 6.42 Å². The molecule has 0 aliphatic carbocycles. The Labute approximate surface area is 102 Å². The minimum absolute atomic E-state index is 0.129. The highest BCUT2D eigenvalue weighted by molar-refractivity contribution is 5.86. The van der Waals surface area contributed by atoms with Crippen LogP contribution in [0, 0.1) is 0 Å². The van der Waals surface area contributed by atoms with Crippen molar-refractivity contribution in [3.8, 4) is 0 Å². The summed E-state index contributed by atoms with van der Waals surface area (Å²) >= 11 is 0. The summed E-state index contributed by atoms with van der Waals surface area (Å²) in [7, 11) is 0. The fourth-order valence-corrected chi connectivity index (χ4v) is 2.12. The lowest BCUT2D eigenvalue weighted by atomic mass is 9.93. The first-order valence-electron chi connectivity index (χ1n) is 6.11. The predicted molar refractivity (Wildman–Crippen MR) is 67.9 cm³/mol. The van der Waals surface area contributed by atoms with Crippen molar-refractivity contribution in [1.29, 1.82) is 0 Å². The predicted octanol–water partition coefficient (Wildman–Crippen LogP) is 3.23. The topological polar surface area (TPSA) is 26.3 Å². The van der Waals surface area contributed by atoms with E-state index in [0.29, 0.717) is 13.0 Å². The lowest BCUT2D eigenvalue weighted by Crippen LogP contribution is -2.23. The van der Waals surface area contributed by atoms with E-state index in [-0.39, 0.29) is 11.9 Å². The zero-order valence-corrected chi connectivity index (χ0v) is 10.2. The summed E-state index contributed by atoms with van der Waals surface area (Å²) in [6.45, 7) is 6.54. The summed E-state index contributed by atoms with van der Waals surface area (Å²) < 4.78 is 5.62. The molecule has 2 rings (SSSR count). The molecule has 1 aliphatic rings. The monoisotopic (exact) mass is 230 g/mol. The average Bonchev–Trinajstić information content (AvgIpc) is 2.37. The number of allylic oxidation sites excluding steroid dienone is 1. The standard InChI is InChI=1S/C15H18O2/c1-3-11(2)10-14(16)15-13-7-5-4-6-12(13)8-9-17-15/h4-7,15H,2-3,8-10H2,1H3. The van der Waals surface area contributed by atoms with Crippen molar-refractivity contribution < 1.29 is 9.53 Å². The van der Waals surface area contributed by atoms with Crippen molar-refractivity contribution in [3.63, 3.8) is 0 Å². The Morgan fingerprint density at radius 3 is 3.00 bits per heavy atom. The number of hydrogen-bond acceptors (Lipinski definition) is 2. The number of benzene rings is 1. The van der Waals surface area contributed by atoms with Gasteiger partial charge in [0.05, 0.1) is 6.61 Å². The second-order valence-electron chi connectivity index (χ2n) is 4.45. The Hall–Kier alpha value is -1.41. The van der Waals surface area contributed by atoms with E-state index >= 15 is 0 Å². The van der Waals surface area contributed by atoms with Gasteiger partial charge in [-0.3, -0.25) is 4.79 Å². The van der Waals surface area contributed by atoms with Crippen molar-refractivity contribution >= 4 is 5.78 Å². The first kappa shape index (κ1) is 12.1. The molecule has 1 aliphatic heterocycles. The van der Waals surface area contributed by atoms with E-state index in [4.69, 9.17) is 4.74 Å². The van der Waals surface area contributed by atoms with E-state index < -0.39 is 0 Å². The molecule has 0 saturated carbocycles. The van der Waals surface area contributed by atoms with E-state index in [1.807, 2.05) is 25.1 Å². The lowest BCUT2D eigenvalue weighted by Gasteiger charge is -2.25. The van der Waals surface area contributed by atoms with Crippen molar-refractivity contribution in [2.75, 3.05) is 6.61 Å². The van der Waals surface area contributed by atoms with Gasteiger partial charge in [0.25, 0.3) is 0 Å². The largest absolute Gasteiger partial charge is 0.365 e. The van der Waals surface area contributed by atoms with Gasteiger partial charge in [0.2, 0.25) is 0 Å². The first-order valence-corrected chi connectivity index (χ1v) is 6.11. The van der Waals surface area contributed by atoms with Gasteiger partial charge in [-0.2, -0.15) is 0 Å². The third-order valence-corrected chi connectivity index (χ3v) is 3.21. The summed E-state index contributed by atoms with van der Waals surface area (Å²) in [5.41, 5.74) is 3.24. The number of Topliss-reactive ketones (excluding diaryl/α,β-unsaturated/α-hetero) is 1. The zero-order chi connectivity index (χ0) is 12.3. The van der Waals surface area contributed by atoms with Crippen molar-refractivity contribution in [2.45, 2.75) is 32.3 Å². The summed E-state index contributed by atoms with van der Waals surface area (Å²) in [6, 6.07) is 8.04. The van der Waals surface area contributed by atoms with E-state index in [2.05, 4.69) is 12.6 Å². The van der Waals surface area contributed by atoms with Gasteiger partial charge in [-0.1, -0.05) is 43.3 Å². The van der Waals surface area contributed by atoms with Gasteiger partial charge in [0.1, 0.15) is 6.10 Å². The van der Waals surface area contributed by atoms with Crippen molar-refractivity contribution in [1.82, 2.24) is 0 Å². The van der Waals surface area contributed by atoms with Gasteiger partial charge in [-0.25, -0.2) is 0 Å². The fraction of sp³-hybridized carbons (Fsp3) is 0.400. The molecule has 1 unspecified atom stereocenters. The van der Waals surface area contributed by atoms with Crippen molar-refractivity contribution in [3.05, 3.63) is 47.5 Å². The quantitative estimate of drug-likeness (QED) is 0.742. The number of carbonyl (C=O) groups excluding carboxylic acids is 1. The molecule has 0 N–H and O–H groups in total. The molecule has 2 nitrogen and oxygen atoms in total. The van der Waals surface area contributed by atoms with Crippen LogP contribution in [0.25, 0.3) is 0 Å². The van der Waals surface area contributed by atoms with Crippen LogP contribution < -0.4 is 0 Å². The number of hydrogen-bond donors (Lipinski definition) is 0. The van der Waals surface area contributed by atoms with Crippen molar-refractivity contribution in [2.24, 2.45) is 0 Å². The minimum atomic E-state index is -0.386. The Balaban J connectivity index is 2.18. The molecule has 1 heterocycles. The van der Waals surface area contributed by atoms with E-state index in [9.17, 15) is 4.79 Å². The molecule has 2 heteroatoms. The van der Waals surface area contributed by atoms with Crippen LogP contribution in [0.2, 0.25) is 0 Å². The first-order chi connectivity index (χ1) is 8.22. The number of fused-ring (bicyclic) bond motifs is 1. The zero-order valence-electron chi connectivity index (χ0n) is 10.2. The normalized spacial score (nSPS) is 18.5. The second-order valence-corrected chi connectivity index (χ2v) is 4.45. The number of rotatable bonds is 4. The summed E-state index contributed by atoms with van der Waals surface area (Å²) in [6.07, 6.45) is 1.79. The third-order valence-electron chi connectivity index (χ3n) is 3.21. The molecule has 0 spiro atoms. The number of carbonyl (C=O) groups is 1. The van der Waals surface area contributed by atoms with Gasteiger partial charge in [-0.15, -0.1) is 0 Å². The van der Waals surface area contributed by atoms with Crippen LogP contribution in [0.3, 0.4) is 0 Å². The maximum atomic E-state index is 12.1. The van der Waals surface area contributed by atoms with E-state index in [1.165, 1.54) is 5.56 Å². The smallest absolute Gasteiger partial charge is 0.170 e. The molecule has 0 aromatic heterocycles. The van der Waals surface area contributed by atoms with Crippen LogP contribution in [0.4, 0.5) is 0 Å². The van der Waals surface area contributed by atoms with Crippen LogP contribution in [0.5, 0.6) is 0 Å². The Bertz CT molecular complexity index is 434. The third kappa shape index (κ3) is 2.64. The molecule has 0 fully saturated rings. The average molecular weight is 230 g/mol. The molecule has 1 aromatic rings. The van der Waals surface area contributed by atoms with Crippen LogP contribution in [0.15, 0.2) is 36.4 Å². The molecular formula is C15H18O2. The highest BCUT2D eigenvalue weighted by Gasteiger charge is 2.26. The van der Waals surface area contributed by atoms with Gasteiger partial charge < -0.3 is 4.74 Å². The number of ether oxygens (including phenoxy) is 1. The van der Waals surface area contributed by atoms with Gasteiger partial charge >= 0.3 is 0 Å². The Kier molecular flexibility index (Phi) is 3.75. The highest BCUT2D eigenvalue weighted by atomic mass is 16.5. The molecule has 90 valence electrons. The minimum Gasteiger partial charge on any atom is -0.365 e. The molecule has 0 saturated heterocycles. The lowest BCUT2D eigenvalue weighted by molar-refractivity contribution is -0.131.